The van der Waals surface area contributed by atoms with Crippen LogP contribution < -0.4 is 10.5 Å². The SMILES string of the molecule is COc1c(C(C)C)ncnc1C1CCN(C)CC1N. The lowest BCUT2D eigenvalue weighted by Crippen LogP contribution is -2.46. The van der Waals surface area contributed by atoms with Gasteiger partial charge in [-0.1, -0.05) is 13.8 Å². The van der Waals surface area contributed by atoms with E-state index in [1.807, 2.05) is 0 Å². The number of methoxy groups -OCH3 is 1. The Labute approximate surface area is 115 Å². The Balaban J connectivity index is 2.36. The summed E-state index contributed by atoms with van der Waals surface area (Å²) in [6.45, 7) is 6.17. The third-order valence-electron chi connectivity index (χ3n) is 3.82. The van der Waals surface area contributed by atoms with Crippen molar-refractivity contribution in [2.24, 2.45) is 5.73 Å². The second-order valence-electron chi connectivity index (χ2n) is 5.65. The quantitative estimate of drug-likeness (QED) is 0.893. The first-order chi connectivity index (χ1) is 9.04. The zero-order chi connectivity index (χ0) is 14.0. The third kappa shape index (κ3) is 2.87. The molecular formula is C14H24N4O. The molecule has 2 atom stereocenters. The van der Waals surface area contributed by atoms with Gasteiger partial charge in [-0.2, -0.15) is 0 Å². The summed E-state index contributed by atoms with van der Waals surface area (Å²) in [7, 11) is 3.79. The van der Waals surface area contributed by atoms with Crippen LogP contribution in [-0.2, 0) is 0 Å². The summed E-state index contributed by atoms with van der Waals surface area (Å²) in [5.74, 6) is 1.40. The van der Waals surface area contributed by atoms with E-state index in [4.69, 9.17) is 10.5 Å². The van der Waals surface area contributed by atoms with Crippen molar-refractivity contribution in [3.05, 3.63) is 17.7 Å². The van der Waals surface area contributed by atoms with E-state index in [0.717, 1.165) is 36.6 Å². The molecule has 19 heavy (non-hydrogen) atoms. The highest BCUT2D eigenvalue weighted by molar-refractivity contribution is 5.37. The molecule has 1 aliphatic rings. The summed E-state index contributed by atoms with van der Waals surface area (Å²) < 4.78 is 5.57. The van der Waals surface area contributed by atoms with Gasteiger partial charge in [0, 0.05) is 18.5 Å². The van der Waals surface area contributed by atoms with Gasteiger partial charge in [0.2, 0.25) is 0 Å². The number of piperidine rings is 1. The van der Waals surface area contributed by atoms with Crippen molar-refractivity contribution in [1.82, 2.24) is 14.9 Å². The van der Waals surface area contributed by atoms with E-state index in [9.17, 15) is 0 Å². The van der Waals surface area contributed by atoms with Gasteiger partial charge in [0.15, 0.2) is 5.75 Å². The molecule has 1 aromatic rings. The van der Waals surface area contributed by atoms with Crippen LogP contribution in [0.3, 0.4) is 0 Å². The van der Waals surface area contributed by atoms with Crippen LogP contribution >= 0.6 is 0 Å². The molecule has 5 nitrogen and oxygen atoms in total. The molecule has 0 radical (unpaired) electrons. The monoisotopic (exact) mass is 264 g/mol. The molecule has 0 aliphatic carbocycles. The Morgan fingerprint density at radius 1 is 1.42 bits per heavy atom. The average Bonchev–Trinajstić information content (AvgIpc) is 2.37. The number of hydrogen-bond donors (Lipinski definition) is 1. The predicted molar refractivity (Wildman–Crippen MR) is 75.5 cm³/mol. The number of likely N-dealkylation sites (tertiary alicyclic amines) is 1. The second kappa shape index (κ2) is 5.84. The van der Waals surface area contributed by atoms with Crippen LogP contribution in [0.1, 0.15) is 43.5 Å². The van der Waals surface area contributed by atoms with Crippen LogP contribution in [0.15, 0.2) is 6.33 Å². The van der Waals surface area contributed by atoms with Crippen LogP contribution in [0.5, 0.6) is 5.75 Å². The van der Waals surface area contributed by atoms with Gasteiger partial charge in [-0.25, -0.2) is 9.97 Å². The number of nitrogens with two attached hydrogens (primary N) is 1. The van der Waals surface area contributed by atoms with Crippen molar-refractivity contribution >= 4 is 0 Å². The third-order valence-corrected chi connectivity index (χ3v) is 3.82. The van der Waals surface area contributed by atoms with Gasteiger partial charge >= 0.3 is 0 Å². The van der Waals surface area contributed by atoms with Gasteiger partial charge < -0.3 is 15.4 Å². The highest BCUT2D eigenvalue weighted by atomic mass is 16.5. The summed E-state index contributed by atoms with van der Waals surface area (Å²) in [4.78, 5) is 11.1. The Morgan fingerprint density at radius 3 is 2.74 bits per heavy atom. The fourth-order valence-electron chi connectivity index (χ4n) is 2.78. The van der Waals surface area contributed by atoms with Crippen molar-refractivity contribution in [2.45, 2.75) is 38.1 Å². The maximum Gasteiger partial charge on any atom is 0.162 e. The lowest BCUT2D eigenvalue weighted by atomic mass is 9.88. The minimum atomic E-state index is 0.0996. The van der Waals surface area contributed by atoms with E-state index in [1.165, 1.54) is 0 Å². The molecule has 0 amide bonds. The fourth-order valence-corrected chi connectivity index (χ4v) is 2.78. The molecule has 0 spiro atoms. The van der Waals surface area contributed by atoms with Crippen LogP contribution in [-0.4, -0.2) is 48.2 Å². The summed E-state index contributed by atoms with van der Waals surface area (Å²) >= 11 is 0. The molecule has 1 fully saturated rings. The second-order valence-corrected chi connectivity index (χ2v) is 5.65. The summed E-state index contributed by atoms with van der Waals surface area (Å²) in [6, 6.07) is 0.0996. The molecule has 0 saturated carbocycles. The number of likely N-dealkylation sites (N-methyl/N-ethyl adjacent to an activating group) is 1. The molecule has 106 valence electrons. The van der Waals surface area contributed by atoms with Crippen molar-refractivity contribution in [3.8, 4) is 5.75 Å². The van der Waals surface area contributed by atoms with E-state index in [-0.39, 0.29) is 12.0 Å². The van der Waals surface area contributed by atoms with Gasteiger partial charge in [-0.05, 0) is 25.9 Å². The zero-order valence-electron chi connectivity index (χ0n) is 12.3. The van der Waals surface area contributed by atoms with Gasteiger partial charge in [0.25, 0.3) is 0 Å². The predicted octanol–water partition coefficient (Wildman–Crippen LogP) is 1.35. The molecule has 1 aromatic heterocycles. The summed E-state index contributed by atoms with van der Waals surface area (Å²) in [6.07, 6.45) is 2.65. The molecule has 2 unspecified atom stereocenters. The van der Waals surface area contributed by atoms with Crippen molar-refractivity contribution in [2.75, 3.05) is 27.2 Å². The van der Waals surface area contributed by atoms with Crippen molar-refractivity contribution in [3.63, 3.8) is 0 Å². The average molecular weight is 264 g/mol. The van der Waals surface area contributed by atoms with Gasteiger partial charge in [-0.15, -0.1) is 0 Å². The zero-order valence-corrected chi connectivity index (χ0v) is 12.3. The molecule has 2 N–H and O–H groups in total. The Hall–Kier alpha value is -1.20. The van der Waals surface area contributed by atoms with E-state index in [2.05, 4.69) is 35.8 Å². The van der Waals surface area contributed by atoms with Crippen LogP contribution in [0.4, 0.5) is 0 Å². The largest absolute Gasteiger partial charge is 0.493 e. The molecule has 2 rings (SSSR count). The Kier molecular flexibility index (Phi) is 4.37. The van der Waals surface area contributed by atoms with E-state index < -0.39 is 0 Å². The normalized spacial score (nSPS) is 24.7. The first-order valence-electron chi connectivity index (χ1n) is 6.87. The minimum absolute atomic E-state index is 0.0996. The van der Waals surface area contributed by atoms with Crippen molar-refractivity contribution < 1.29 is 4.74 Å². The Bertz CT molecular complexity index is 435. The first kappa shape index (κ1) is 14.2. The molecule has 1 saturated heterocycles. The summed E-state index contributed by atoms with van der Waals surface area (Å²) in [5.41, 5.74) is 8.24. The smallest absolute Gasteiger partial charge is 0.162 e. The fraction of sp³-hybridized carbons (Fsp3) is 0.714. The minimum Gasteiger partial charge on any atom is -0.493 e. The topological polar surface area (TPSA) is 64.3 Å². The maximum absolute atomic E-state index is 6.29. The van der Waals surface area contributed by atoms with Gasteiger partial charge in [0.05, 0.1) is 18.5 Å². The molecule has 2 heterocycles. The maximum atomic E-state index is 6.29. The molecule has 5 heteroatoms. The number of nitrogens with zero attached hydrogens (tertiary/aromatic N) is 3. The molecule has 0 bridgehead atoms. The number of ether oxygens (including phenoxy) is 1. The number of aromatic nitrogens is 2. The highest BCUT2D eigenvalue weighted by Crippen LogP contribution is 2.35. The number of hydrogen-bond acceptors (Lipinski definition) is 5. The van der Waals surface area contributed by atoms with Gasteiger partial charge in [0.1, 0.15) is 6.33 Å². The van der Waals surface area contributed by atoms with E-state index >= 15 is 0 Å². The van der Waals surface area contributed by atoms with Gasteiger partial charge in [-0.3, -0.25) is 0 Å². The lowest BCUT2D eigenvalue weighted by molar-refractivity contribution is 0.223. The molecule has 0 aromatic carbocycles. The lowest BCUT2D eigenvalue weighted by Gasteiger charge is -2.34. The van der Waals surface area contributed by atoms with Crippen LogP contribution in [0.25, 0.3) is 0 Å². The standard InChI is InChI=1S/C14H24N4O/c1-9(2)12-14(19-4)13(17-8-16-12)10-5-6-18(3)7-11(10)15/h8-11H,5-7,15H2,1-4H3. The molecule has 1 aliphatic heterocycles. The summed E-state index contributed by atoms with van der Waals surface area (Å²) in [5, 5.41) is 0. The Morgan fingerprint density at radius 2 is 2.16 bits per heavy atom. The van der Waals surface area contributed by atoms with Crippen LogP contribution in [0, 0.1) is 0 Å². The highest BCUT2D eigenvalue weighted by Gasteiger charge is 2.30. The first-order valence-corrected chi connectivity index (χ1v) is 6.87. The van der Waals surface area contributed by atoms with Crippen LogP contribution in [0.2, 0.25) is 0 Å². The number of rotatable bonds is 3. The van der Waals surface area contributed by atoms with E-state index in [1.54, 1.807) is 13.4 Å². The van der Waals surface area contributed by atoms with E-state index in [0.29, 0.717) is 5.92 Å². The van der Waals surface area contributed by atoms with Crippen molar-refractivity contribution in [1.29, 1.82) is 0 Å². The molecular weight excluding hydrogens is 240 g/mol.